The van der Waals surface area contributed by atoms with Crippen molar-refractivity contribution in [1.82, 2.24) is 10.2 Å². The lowest BCUT2D eigenvalue weighted by Crippen LogP contribution is -2.45. The molecule has 7 heteroatoms. The molecule has 3 rings (SSSR count). The van der Waals surface area contributed by atoms with E-state index in [1.807, 2.05) is 12.1 Å². The van der Waals surface area contributed by atoms with Crippen LogP contribution in [0.15, 0.2) is 21.1 Å². The second-order valence-electron chi connectivity index (χ2n) is 5.77. The van der Waals surface area contributed by atoms with Gasteiger partial charge in [0.2, 0.25) is 0 Å². The van der Waals surface area contributed by atoms with Crippen molar-refractivity contribution < 1.29 is 5.11 Å². The van der Waals surface area contributed by atoms with Gasteiger partial charge in [-0.2, -0.15) is 0 Å². The highest BCUT2D eigenvalue weighted by molar-refractivity contribution is 9.11. The quantitative estimate of drug-likeness (QED) is 0.671. The molecular formula is C15H22Br2Cl2N2O. The summed E-state index contributed by atoms with van der Waals surface area (Å²) in [5, 5.41) is 13.9. The summed E-state index contributed by atoms with van der Waals surface area (Å²) in [6, 6.07) is 4.24. The smallest absolute Gasteiger partial charge is 0.135 e. The zero-order valence-electron chi connectivity index (χ0n) is 12.2. The van der Waals surface area contributed by atoms with Crippen molar-refractivity contribution in [3.8, 4) is 5.75 Å². The summed E-state index contributed by atoms with van der Waals surface area (Å²) in [4.78, 5) is 2.51. The van der Waals surface area contributed by atoms with Crippen LogP contribution in [0.5, 0.6) is 5.75 Å². The summed E-state index contributed by atoms with van der Waals surface area (Å²) in [5.74, 6) is 1.23. The van der Waals surface area contributed by atoms with E-state index in [0.717, 1.165) is 53.0 Å². The van der Waals surface area contributed by atoms with Crippen LogP contribution in [0.3, 0.4) is 0 Å². The van der Waals surface area contributed by atoms with Crippen molar-refractivity contribution in [3.63, 3.8) is 0 Å². The molecule has 1 aromatic carbocycles. The van der Waals surface area contributed by atoms with E-state index in [-0.39, 0.29) is 24.8 Å². The van der Waals surface area contributed by atoms with E-state index in [1.165, 1.54) is 12.8 Å². The minimum Gasteiger partial charge on any atom is -0.506 e. The lowest BCUT2D eigenvalue weighted by molar-refractivity contribution is 0.157. The SMILES string of the molecule is Cl.Cl.Oc1c(Br)ccc(Br)c1[C@@H](CC1CC1)N1CCNCC1. The van der Waals surface area contributed by atoms with E-state index in [0.29, 0.717) is 11.8 Å². The zero-order chi connectivity index (χ0) is 14.1. The molecule has 1 saturated carbocycles. The van der Waals surface area contributed by atoms with Gasteiger partial charge in [-0.25, -0.2) is 0 Å². The number of halogens is 4. The molecule has 3 nitrogen and oxygen atoms in total. The fourth-order valence-corrected chi connectivity index (χ4v) is 3.92. The average molecular weight is 477 g/mol. The van der Waals surface area contributed by atoms with E-state index in [4.69, 9.17) is 0 Å². The molecule has 1 saturated heterocycles. The van der Waals surface area contributed by atoms with Gasteiger partial charge in [-0.1, -0.05) is 28.8 Å². The van der Waals surface area contributed by atoms with Crippen LogP contribution in [-0.2, 0) is 0 Å². The molecule has 0 radical (unpaired) electrons. The van der Waals surface area contributed by atoms with E-state index >= 15 is 0 Å². The second-order valence-corrected chi connectivity index (χ2v) is 7.48. The largest absolute Gasteiger partial charge is 0.506 e. The van der Waals surface area contributed by atoms with Gasteiger partial charge in [0, 0.05) is 42.3 Å². The molecule has 1 heterocycles. The van der Waals surface area contributed by atoms with Crippen LogP contribution in [0.4, 0.5) is 0 Å². The van der Waals surface area contributed by atoms with Crippen molar-refractivity contribution in [1.29, 1.82) is 0 Å². The number of benzene rings is 1. The minimum atomic E-state index is 0. The fourth-order valence-electron chi connectivity index (χ4n) is 2.99. The Kier molecular flexibility index (Phi) is 8.48. The molecule has 22 heavy (non-hydrogen) atoms. The summed E-state index contributed by atoms with van der Waals surface area (Å²) in [7, 11) is 0. The summed E-state index contributed by atoms with van der Waals surface area (Å²) in [6.07, 6.45) is 3.84. The van der Waals surface area contributed by atoms with Crippen LogP contribution in [0.25, 0.3) is 0 Å². The Hall–Kier alpha value is 0.480. The van der Waals surface area contributed by atoms with E-state index in [2.05, 4.69) is 42.1 Å². The van der Waals surface area contributed by atoms with Crippen LogP contribution >= 0.6 is 56.7 Å². The van der Waals surface area contributed by atoms with Gasteiger partial charge in [-0.05, 0) is 40.4 Å². The summed E-state index contributed by atoms with van der Waals surface area (Å²) in [5.41, 5.74) is 1.05. The van der Waals surface area contributed by atoms with Crippen LogP contribution in [0.1, 0.15) is 30.9 Å². The van der Waals surface area contributed by atoms with Gasteiger partial charge >= 0.3 is 0 Å². The molecule has 0 unspecified atom stereocenters. The molecular weight excluding hydrogens is 455 g/mol. The third kappa shape index (κ3) is 4.74. The number of nitrogens with zero attached hydrogens (tertiary/aromatic N) is 1. The highest BCUT2D eigenvalue weighted by Gasteiger charge is 2.33. The Morgan fingerprint density at radius 2 is 1.73 bits per heavy atom. The number of phenols is 1. The van der Waals surface area contributed by atoms with Crippen LogP contribution in [-0.4, -0.2) is 36.2 Å². The first-order chi connectivity index (χ1) is 9.66. The zero-order valence-corrected chi connectivity index (χ0v) is 17.0. The predicted molar refractivity (Wildman–Crippen MR) is 103 cm³/mol. The molecule has 0 spiro atoms. The Balaban J connectivity index is 0.00000121. The average Bonchev–Trinajstić information content (AvgIpc) is 3.27. The second kappa shape index (κ2) is 9.09. The Bertz CT molecular complexity index is 495. The standard InChI is InChI=1S/C15H20Br2N2O.2ClH/c16-11-3-4-12(17)15(20)14(11)13(9-10-1-2-10)19-7-5-18-6-8-19;;/h3-4,10,13,18,20H,1-2,5-9H2;2*1H/t13-;;/m1../s1. The van der Waals surface area contributed by atoms with Crippen molar-refractivity contribution in [2.75, 3.05) is 26.2 Å². The maximum Gasteiger partial charge on any atom is 0.135 e. The van der Waals surface area contributed by atoms with E-state index in [9.17, 15) is 5.11 Å². The molecule has 1 aliphatic heterocycles. The monoisotopic (exact) mass is 474 g/mol. The highest BCUT2D eigenvalue weighted by atomic mass is 79.9. The first-order valence-corrected chi connectivity index (χ1v) is 8.87. The van der Waals surface area contributed by atoms with Gasteiger partial charge in [0.25, 0.3) is 0 Å². The van der Waals surface area contributed by atoms with Crippen molar-refractivity contribution >= 4 is 56.7 Å². The first kappa shape index (κ1) is 20.5. The molecule has 1 aromatic rings. The molecule has 0 aromatic heterocycles. The number of phenolic OH excluding ortho intramolecular Hbond substituents is 1. The molecule has 1 aliphatic carbocycles. The Labute approximate surface area is 161 Å². The molecule has 0 bridgehead atoms. The Morgan fingerprint density at radius 1 is 1.14 bits per heavy atom. The van der Waals surface area contributed by atoms with Crippen LogP contribution < -0.4 is 5.32 Å². The van der Waals surface area contributed by atoms with Gasteiger partial charge in [-0.3, -0.25) is 4.90 Å². The molecule has 2 aliphatic rings. The topological polar surface area (TPSA) is 35.5 Å². The highest BCUT2D eigenvalue weighted by Crippen LogP contribution is 2.46. The lowest BCUT2D eigenvalue weighted by Gasteiger charge is -2.36. The molecule has 2 N–H and O–H groups in total. The maximum atomic E-state index is 10.5. The Morgan fingerprint density at radius 3 is 2.32 bits per heavy atom. The lowest BCUT2D eigenvalue weighted by atomic mass is 9.97. The van der Waals surface area contributed by atoms with Crippen molar-refractivity contribution in [2.45, 2.75) is 25.3 Å². The third-order valence-electron chi connectivity index (χ3n) is 4.29. The number of hydrogen-bond donors (Lipinski definition) is 2. The van der Waals surface area contributed by atoms with Gasteiger partial charge in [0.05, 0.1) is 4.47 Å². The summed E-state index contributed by atoms with van der Waals surface area (Å²) in [6.45, 7) is 4.17. The maximum absolute atomic E-state index is 10.5. The van der Waals surface area contributed by atoms with Gasteiger partial charge in [0.15, 0.2) is 0 Å². The molecule has 1 atom stereocenters. The van der Waals surface area contributed by atoms with E-state index < -0.39 is 0 Å². The first-order valence-electron chi connectivity index (χ1n) is 7.28. The number of aromatic hydroxyl groups is 1. The van der Waals surface area contributed by atoms with Crippen molar-refractivity contribution in [3.05, 3.63) is 26.6 Å². The summed E-state index contributed by atoms with van der Waals surface area (Å²) >= 11 is 7.09. The summed E-state index contributed by atoms with van der Waals surface area (Å²) < 4.78 is 1.80. The number of rotatable bonds is 4. The van der Waals surface area contributed by atoms with Gasteiger partial charge < -0.3 is 10.4 Å². The molecule has 126 valence electrons. The van der Waals surface area contributed by atoms with E-state index in [1.54, 1.807) is 0 Å². The predicted octanol–water partition coefficient (Wildman–Crippen LogP) is 4.51. The fraction of sp³-hybridized carbons (Fsp3) is 0.600. The number of piperazine rings is 1. The molecule has 2 fully saturated rings. The van der Waals surface area contributed by atoms with Gasteiger partial charge in [0.1, 0.15) is 5.75 Å². The molecule has 0 amide bonds. The number of nitrogens with one attached hydrogen (secondary N) is 1. The van der Waals surface area contributed by atoms with Crippen molar-refractivity contribution in [2.24, 2.45) is 5.92 Å². The number of hydrogen-bond acceptors (Lipinski definition) is 3. The van der Waals surface area contributed by atoms with Crippen LogP contribution in [0, 0.1) is 5.92 Å². The van der Waals surface area contributed by atoms with Gasteiger partial charge in [-0.15, -0.1) is 24.8 Å². The third-order valence-corrected chi connectivity index (χ3v) is 5.63. The normalized spacial score (nSPS) is 19.9. The minimum absolute atomic E-state index is 0. The van der Waals surface area contributed by atoms with Crippen LogP contribution in [0.2, 0.25) is 0 Å².